The molecule has 0 bridgehead atoms. The second-order valence-electron chi connectivity index (χ2n) is 17.5. The minimum Gasteiger partial charge on any atom is -0.481 e. The molecule has 0 aliphatic heterocycles. The molecule has 70 heavy (non-hydrogen) atoms. The molecule has 9 atom stereocenters. The molecule has 0 saturated heterocycles. The number of aliphatic carboxylic acids is 2. The van der Waals surface area contributed by atoms with Crippen molar-refractivity contribution in [2.45, 2.75) is 155 Å². The van der Waals surface area contributed by atoms with Crippen LogP contribution in [0.5, 0.6) is 0 Å². The molecule has 0 aromatic rings. The van der Waals surface area contributed by atoms with Gasteiger partial charge >= 0.3 is 11.9 Å². The van der Waals surface area contributed by atoms with Crippen molar-refractivity contribution in [1.82, 2.24) is 47.9 Å². The number of aliphatic hydroxyl groups excluding tert-OH is 2. The Morgan fingerprint density at radius 2 is 0.871 bits per heavy atom. The Balaban J connectivity index is 6.02. The highest BCUT2D eigenvalue weighted by Gasteiger charge is 2.36. The van der Waals surface area contributed by atoms with Crippen molar-refractivity contribution in [2.24, 2.45) is 29.2 Å². The molecular formula is C42H71N11O17. The first-order valence-corrected chi connectivity index (χ1v) is 22.4. The molecule has 11 amide bonds. The van der Waals surface area contributed by atoms with Crippen LogP contribution in [0.1, 0.15) is 100 Å². The van der Waals surface area contributed by atoms with E-state index in [9.17, 15) is 72.5 Å². The summed E-state index contributed by atoms with van der Waals surface area (Å²) in [6, 6.07) is -12.0. The quantitative estimate of drug-likeness (QED) is 0.0291. The zero-order valence-electron chi connectivity index (χ0n) is 40.5. The molecule has 0 aliphatic carbocycles. The molecule has 28 nitrogen and oxygen atoms in total. The Bertz CT molecular complexity index is 1890. The molecule has 0 fully saturated rings. The Labute approximate surface area is 404 Å². The number of rotatable bonds is 33. The second-order valence-corrected chi connectivity index (χ2v) is 17.5. The minimum atomic E-state index is -1.78. The van der Waals surface area contributed by atoms with E-state index < -0.39 is 182 Å². The number of hydrogen-bond acceptors (Lipinski definition) is 15. The van der Waals surface area contributed by atoms with Crippen molar-refractivity contribution in [3.63, 3.8) is 0 Å². The summed E-state index contributed by atoms with van der Waals surface area (Å²) in [5, 5.41) is 59.4. The standard InChI is InChI=1S/C42H71N11O17/c1-18(2)15-26(38(66)47-23(35(44)63)10-13-30(59)60)49-36(64)25(9-12-28(43)57)48-39(67)27(17-54)50-41(69)33(20(5)6)51-29(58)16-45-40(68)32(19(3)4)52-42(70)34(21(7)55)53-37(65)24(46-22(8)56)11-14-31(61)62/h18-21,23-27,32-34,54-55H,9-17H2,1-8H3,(H2,43,57)(H2,44,63)(H,45,68)(H,46,56)(H,47,66)(H,48,67)(H,49,64)(H,50,69)(H,51,58)(H,52,70)(H,53,65)(H,59,60)(H,61,62)/t21-,23+,24+,25+,26+,27+,32+,33+,34+/m1/s1. The van der Waals surface area contributed by atoms with Crippen molar-refractivity contribution in [3.8, 4) is 0 Å². The third-order valence-corrected chi connectivity index (χ3v) is 10.1. The molecule has 0 saturated carbocycles. The van der Waals surface area contributed by atoms with Crippen LogP contribution in [-0.2, 0) is 62.3 Å². The fourth-order valence-electron chi connectivity index (χ4n) is 6.34. The summed E-state index contributed by atoms with van der Waals surface area (Å²) < 4.78 is 0. The van der Waals surface area contributed by atoms with E-state index in [-0.39, 0.29) is 25.2 Å². The molecule has 28 heteroatoms. The SMILES string of the molecule is CC(=O)N[C@@H](CCC(=O)O)C(=O)N[C@H](C(=O)N[C@H](C(=O)NCC(=O)N[C@H](C(=O)N[C@@H](CO)C(=O)N[C@@H](CCC(N)=O)C(=O)N[C@@H](CC(C)C)C(=O)N[C@@H](CCC(=O)O)C(N)=O)C(C)C)C(C)C)[C@@H](C)O. The highest BCUT2D eigenvalue weighted by molar-refractivity contribution is 5.98. The molecule has 0 radical (unpaired) electrons. The van der Waals surface area contributed by atoms with Gasteiger partial charge in [0.05, 0.1) is 19.3 Å². The highest BCUT2D eigenvalue weighted by atomic mass is 16.4. The van der Waals surface area contributed by atoms with E-state index in [2.05, 4.69) is 47.9 Å². The molecule has 0 aromatic heterocycles. The second kappa shape index (κ2) is 31.2. The molecular weight excluding hydrogens is 931 g/mol. The van der Waals surface area contributed by atoms with E-state index in [1.807, 2.05) is 0 Å². The van der Waals surface area contributed by atoms with E-state index in [4.69, 9.17) is 21.7 Å². The first kappa shape index (κ1) is 63.0. The lowest BCUT2D eigenvalue weighted by Gasteiger charge is -2.28. The molecule has 0 rings (SSSR count). The third-order valence-electron chi connectivity index (χ3n) is 10.1. The van der Waals surface area contributed by atoms with Gasteiger partial charge in [0.2, 0.25) is 65.0 Å². The predicted octanol–water partition coefficient (Wildman–Crippen LogP) is -5.79. The van der Waals surface area contributed by atoms with E-state index in [1.54, 1.807) is 13.8 Å². The maximum absolute atomic E-state index is 13.6. The summed E-state index contributed by atoms with van der Waals surface area (Å²) in [5.41, 5.74) is 10.6. The number of nitrogens with two attached hydrogens (primary N) is 2. The Hall–Kier alpha value is -6.97. The first-order chi connectivity index (χ1) is 32.4. The number of amides is 11. The van der Waals surface area contributed by atoms with Gasteiger partial charge in [-0.15, -0.1) is 0 Å². The zero-order chi connectivity index (χ0) is 54.2. The van der Waals surface area contributed by atoms with Crippen LogP contribution in [0.2, 0.25) is 0 Å². The van der Waals surface area contributed by atoms with Gasteiger partial charge in [0.25, 0.3) is 0 Å². The largest absolute Gasteiger partial charge is 0.481 e. The van der Waals surface area contributed by atoms with Crippen LogP contribution >= 0.6 is 0 Å². The van der Waals surface area contributed by atoms with Gasteiger partial charge in [0.1, 0.15) is 48.3 Å². The number of hydrogen-bond donors (Lipinski definition) is 15. The summed E-state index contributed by atoms with van der Waals surface area (Å²) >= 11 is 0. The average molecular weight is 1000 g/mol. The number of nitrogens with one attached hydrogen (secondary N) is 9. The summed E-state index contributed by atoms with van der Waals surface area (Å²) in [5.74, 6) is -14.7. The molecule has 0 spiro atoms. The van der Waals surface area contributed by atoms with Crippen LogP contribution in [0.15, 0.2) is 0 Å². The van der Waals surface area contributed by atoms with Crippen molar-refractivity contribution in [1.29, 1.82) is 0 Å². The number of aliphatic hydroxyl groups is 2. The molecule has 0 unspecified atom stereocenters. The van der Waals surface area contributed by atoms with E-state index in [1.165, 1.54) is 27.7 Å². The number of primary amides is 2. The number of carboxylic acids is 2. The summed E-state index contributed by atoms with van der Waals surface area (Å²) in [4.78, 5) is 164. The van der Waals surface area contributed by atoms with E-state index >= 15 is 0 Å². The first-order valence-electron chi connectivity index (χ1n) is 22.4. The summed E-state index contributed by atoms with van der Waals surface area (Å²) in [7, 11) is 0. The molecule has 0 heterocycles. The van der Waals surface area contributed by atoms with Gasteiger partial charge in [0.15, 0.2) is 0 Å². The monoisotopic (exact) mass is 1000 g/mol. The van der Waals surface area contributed by atoms with E-state index in [0.717, 1.165) is 13.8 Å². The minimum absolute atomic E-state index is 0.0246. The summed E-state index contributed by atoms with van der Waals surface area (Å²) in [6.45, 7) is 9.88. The maximum Gasteiger partial charge on any atom is 0.303 e. The van der Waals surface area contributed by atoms with Crippen LogP contribution in [0.4, 0.5) is 0 Å². The van der Waals surface area contributed by atoms with Gasteiger partial charge in [-0.2, -0.15) is 0 Å². The van der Waals surface area contributed by atoms with Crippen molar-refractivity contribution < 1.29 is 82.8 Å². The van der Waals surface area contributed by atoms with Gasteiger partial charge in [-0.1, -0.05) is 41.5 Å². The lowest BCUT2D eigenvalue weighted by Crippen LogP contribution is -2.61. The Kier molecular flexibility index (Phi) is 28.1. The van der Waals surface area contributed by atoms with E-state index in [0.29, 0.717) is 0 Å². The van der Waals surface area contributed by atoms with Crippen molar-refractivity contribution in [2.75, 3.05) is 13.2 Å². The molecule has 17 N–H and O–H groups in total. The molecule has 396 valence electrons. The smallest absolute Gasteiger partial charge is 0.303 e. The molecule has 0 aliphatic rings. The van der Waals surface area contributed by atoms with Crippen LogP contribution in [-0.4, -0.2) is 165 Å². The van der Waals surface area contributed by atoms with Crippen LogP contribution in [0, 0.1) is 17.8 Å². The van der Waals surface area contributed by atoms with Gasteiger partial charge in [-0.3, -0.25) is 62.3 Å². The zero-order valence-corrected chi connectivity index (χ0v) is 40.5. The van der Waals surface area contributed by atoms with Gasteiger partial charge in [-0.25, -0.2) is 0 Å². The van der Waals surface area contributed by atoms with Crippen LogP contribution in [0.25, 0.3) is 0 Å². The number of carbonyl (C=O) groups excluding carboxylic acids is 11. The fraction of sp³-hybridized carbons (Fsp3) is 0.690. The highest BCUT2D eigenvalue weighted by Crippen LogP contribution is 2.10. The van der Waals surface area contributed by atoms with Gasteiger partial charge in [0, 0.05) is 26.2 Å². The van der Waals surface area contributed by atoms with Crippen LogP contribution < -0.4 is 59.3 Å². The molecule has 0 aromatic carbocycles. The third kappa shape index (κ3) is 24.4. The van der Waals surface area contributed by atoms with Crippen molar-refractivity contribution in [3.05, 3.63) is 0 Å². The lowest BCUT2D eigenvalue weighted by molar-refractivity contribution is -0.139. The average Bonchev–Trinajstić information content (AvgIpc) is 3.24. The van der Waals surface area contributed by atoms with Crippen molar-refractivity contribution >= 4 is 76.9 Å². The topological polar surface area (TPSA) is 463 Å². The fourth-order valence-corrected chi connectivity index (χ4v) is 6.34. The lowest BCUT2D eigenvalue weighted by atomic mass is 10.0. The normalized spacial score (nSPS) is 14.9. The number of carboxylic acid groups (broad SMARTS) is 2. The Morgan fingerprint density at radius 3 is 1.33 bits per heavy atom. The summed E-state index contributed by atoms with van der Waals surface area (Å²) in [6.07, 6.45) is -4.21. The predicted molar refractivity (Wildman–Crippen MR) is 243 cm³/mol. The number of carbonyl (C=O) groups is 13. The Morgan fingerprint density at radius 1 is 0.471 bits per heavy atom. The van der Waals surface area contributed by atoms with Gasteiger partial charge < -0.3 is 79.7 Å². The van der Waals surface area contributed by atoms with Crippen LogP contribution in [0.3, 0.4) is 0 Å². The maximum atomic E-state index is 13.6. The van der Waals surface area contributed by atoms with Gasteiger partial charge in [-0.05, 0) is 50.4 Å².